The summed E-state index contributed by atoms with van der Waals surface area (Å²) in [5, 5.41) is 0.937. The number of fused-ring (bicyclic) bond motifs is 1. The molecule has 0 aliphatic heterocycles. The highest BCUT2D eigenvalue weighted by atomic mass is 79.9. The Morgan fingerprint density at radius 2 is 2.20 bits per heavy atom. The van der Waals surface area contributed by atoms with Gasteiger partial charge in [-0.1, -0.05) is 12.8 Å². The molecule has 1 saturated carbocycles. The topological polar surface area (TPSA) is 51.8 Å². The van der Waals surface area contributed by atoms with Crippen LogP contribution in [0.4, 0.5) is 0 Å². The van der Waals surface area contributed by atoms with Crippen molar-refractivity contribution < 1.29 is 13.9 Å². The van der Waals surface area contributed by atoms with Crippen LogP contribution < -0.4 is 4.74 Å². The molecule has 2 aromatic rings. The molecular weight excluding hydrogens is 322 g/mol. The van der Waals surface area contributed by atoms with Gasteiger partial charge in [-0.3, -0.25) is 0 Å². The van der Waals surface area contributed by atoms with E-state index in [4.69, 9.17) is 9.15 Å². The highest BCUT2D eigenvalue weighted by Gasteiger charge is 2.38. The standard InChI is InChI=1S/C15H14BrNO3/c1-19-12-8-11(13(16)10-4-7-20-14(10)12)15(17-9-18)5-2-3-6-15/h4,7-8H,2-3,5-6H2,1H3. The van der Waals surface area contributed by atoms with Crippen molar-refractivity contribution in [3.8, 4) is 5.75 Å². The largest absolute Gasteiger partial charge is 0.493 e. The third-order valence-corrected chi connectivity index (χ3v) is 4.90. The van der Waals surface area contributed by atoms with E-state index in [9.17, 15) is 4.79 Å². The van der Waals surface area contributed by atoms with Crippen LogP contribution in [-0.4, -0.2) is 13.2 Å². The van der Waals surface area contributed by atoms with Crippen LogP contribution in [-0.2, 0) is 10.3 Å². The number of nitrogens with zero attached hydrogens (tertiary/aromatic N) is 1. The summed E-state index contributed by atoms with van der Waals surface area (Å²) in [5.74, 6) is 0.663. The number of hydrogen-bond donors (Lipinski definition) is 0. The maximum Gasteiger partial charge on any atom is 0.235 e. The summed E-state index contributed by atoms with van der Waals surface area (Å²) < 4.78 is 11.8. The lowest BCUT2D eigenvalue weighted by Gasteiger charge is -2.25. The van der Waals surface area contributed by atoms with Crippen LogP contribution in [0.25, 0.3) is 11.0 Å². The normalized spacial score (nSPS) is 17.1. The predicted molar refractivity (Wildman–Crippen MR) is 78.7 cm³/mol. The monoisotopic (exact) mass is 335 g/mol. The molecule has 0 unspecified atom stereocenters. The van der Waals surface area contributed by atoms with E-state index >= 15 is 0 Å². The molecule has 5 heteroatoms. The lowest BCUT2D eigenvalue weighted by atomic mass is 9.88. The van der Waals surface area contributed by atoms with Crippen LogP contribution in [0.5, 0.6) is 5.75 Å². The summed E-state index contributed by atoms with van der Waals surface area (Å²) in [6, 6.07) is 3.81. The number of halogens is 1. The Bertz CT molecular complexity index is 694. The van der Waals surface area contributed by atoms with Gasteiger partial charge in [-0.25, -0.2) is 4.79 Å². The molecule has 3 rings (SSSR count). The highest BCUT2D eigenvalue weighted by molar-refractivity contribution is 9.10. The zero-order chi connectivity index (χ0) is 14.2. The molecule has 1 fully saturated rings. The van der Waals surface area contributed by atoms with Gasteiger partial charge in [-0.2, -0.15) is 4.99 Å². The zero-order valence-electron chi connectivity index (χ0n) is 11.1. The van der Waals surface area contributed by atoms with Gasteiger partial charge in [0.2, 0.25) is 6.08 Å². The van der Waals surface area contributed by atoms with Gasteiger partial charge in [0.15, 0.2) is 11.3 Å². The molecule has 0 atom stereocenters. The minimum Gasteiger partial charge on any atom is -0.493 e. The molecule has 0 amide bonds. The molecule has 0 bridgehead atoms. The molecule has 1 aromatic heterocycles. The fraction of sp³-hybridized carbons (Fsp3) is 0.400. The maximum absolute atomic E-state index is 10.9. The predicted octanol–water partition coefficient (Wildman–Crippen LogP) is 4.31. The molecular formula is C15H14BrNO3. The summed E-state index contributed by atoms with van der Waals surface area (Å²) in [4.78, 5) is 15.0. The summed E-state index contributed by atoms with van der Waals surface area (Å²) in [5.41, 5.74) is 1.19. The smallest absolute Gasteiger partial charge is 0.235 e. The quantitative estimate of drug-likeness (QED) is 0.620. The maximum atomic E-state index is 10.9. The fourth-order valence-electron chi connectivity index (χ4n) is 3.06. The number of rotatable bonds is 3. The number of hydrogen-bond acceptors (Lipinski definition) is 4. The first-order valence-electron chi connectivity index (χ1n) is 6.55. The minimum atomic E-state index is -0.487. The third-order valence-electron chi connectivity index (χ3n) is 4.05. The molecule has 0 N–H and O–H groups in total. The Morgan fingerprint density at radius 1 is 1.45 bits per heavy atom. The Kier molecular flexibility index (Phi) is 3.40. The van der Waals surface area contributed by atoms with Gasteiger partial charge >= 0.3 is 0 Å². The van der Waals surface area contributed by atoms with Gasteiger partial charge in [-0.05, 0) is 46.5 Å². The Hall–Kier alpha value is -1.58. The number of methoxy groups -OCH3 is 1. The number of furan rings is 1. The molecule has 0 saturated heterocycles. The van der Waals surface area contributed by atoms with Crippen molar-refractivity contribution in [2.45, 2.75) is 31.2 Å². The van der Waals surface area contributed by atoms with E-state index in [1.807, 2.05) is 12.1 Å². The molecule has 0 spiro atoms. The Morgan fingerprint density at radius 3 is 2.85 bits per heavy atom. The van der Waals surface area contributed by atoms with E-state index in [-0.39, 0.29) is 0 Å². The van der Waals surface area contributed by atoms with Crippen molar-refractivity contribution in [3.05, 3.63) is 28.4 Å². The van der Waals surface area contributed by atoms with E-state index in [0.29, 0.717) is 11.3 Å². The first kappa shape index (κ1) is 13.4. The Labute approximate surface area is 124 Å². The average Bonchev–Trinajstić information content (AvgIpc) is 3.09. The van der Waals surface area contributed by atoms with Crippen molar-refractivity contribution in [2.75, 3.05) is 7.11 Å². The lowest BCUT2D eigenvalue weighted by molar-refractivity contribution is 0.404. The molecule has 0 radical (unpaired) electrons. The number of benzene rings is 1. The SMILES string of the molecule is COc1cc(C2(N=C=O)CCCC2)c(Br)c2ccoc12. The van der Waals surface area contributed by atoms with Crippen molar-refractivity contribution in [2.24, 2.45) is 4.99 Å². The van der Waals surface area contributed by atoms with E-state index in [2.05, 4.69) is 20.9 Å². The average molecular weight is 336 g/mol. The van der Waals surface area contributed by atoms with Gasteiger partial charge in [0.1, 0.15) is 0 Å². The second-order valence-corrected chi connectivity index (χ2v) is 5.84. The van der Waals surface area contributed by atoms with Crippen LogP contribution in [0.15, 0.2) is 32.3 Å². The van der Waals surface area contributed by atoms with Crippen molar-refractivity contribution in [1.29, 1.82) is 0 Å². The van der Waals surface area contributed by atoms with Gasteiger partial charge in [0.05, 0.1) is 18.9 Å². The minimum absolute atomic E-state index is 0.487. The Balaban J connectivity index is 2.29. The third kappa shape index (κ3) is 1.89. The first-order chi connectivity index (χ1) is 9.72. The highest BCUT2D eigenvalue weighted by Crippen LogP contribution is 2.48. The van der Waals surface area contributed by atoms with Gasteiger partial charge in [0, 0.05) is 9.86 Å². The summed E-state index contributed by atoms with van der Waals surface area (Å²) in [7, 11) is 1.61. The molecule has 1 aromatic carbocycles. The van der Waals surface area contributed by atoms with E-state index < -0.39 is 5.54 Å². The van der Waals surface area contributed by atoms with E-state index in [1.165, 1.54) is 0 Å². The van der Waals surface area contributed by atoms with Gasteiger partial charge < -0.3 is 9.15 Å². The van der Waals surface area contributed by atoms with Crippen molar-refractivity contribution >= 4 is 33.0 Å². The second-order valence-electron chi connectivity index (χ2n) is 5.05. The van der Waals surface area contributed by atoms with Crippen LogP contribution in [0.1, 0.15) is 31.2 Å². The molecule has 1 heterocycles. The molecule has 20 heavy (non-hydrogen) atoms. The summed E-state index contributed by atoms with van der Waals surface area (Å²) in [6.07, 6.45) is 7.20. The van der Waals surface area contributed by atoms with E-state index in [1.54, 1.807) is 19.5 Å². The lowest BCUT2D eigenvalue weighted by Crippen LogP contribution is -2.19. The fourth-order valence-corrected chi connectivity index (χ4v) is 3.85. The van der Waals surface area contributed by atoms with Crippen LogP contribution >= 0.6 is 15.9 Å². The molecule has 1 aliphatic rings. The number of isocyanates is 1. The molecule has 4 nitrogen and oxygen atoms in total. The summed E-state index contributed by atoms with van der Waals surface area (Å²) in [6.45, 7) is 0. The van der Waals surface area contributed by atoms with E-state index in [0.717, 1.165) is 41.1 Å². The van der Waals surface area contributed by atoms with Crippen molar-refractivity contribution in [1.82, 2.24) is 0 Å². The van der Waals surface area contributed by atoms with Crippen LogP contribution in [0.2, 0.25) is 0 Å². The number of ether oxygens (including phenoxy) is 1. The number of carbonyl (C=O) groups excluding carboxylic acids is 1. The second kappa shape index (κ2) is 5.08. The van der Waals surface area contributed by atoms with Gasteiger partial charge in [0.25, 0.3) is 0 Å². The van der Waals surface area contributed by atoms with Crippen molar-refractivity contribution in [3.63, 3.8) is 0 Å². The first-order valence-corrected chi connectivity index (χ1v) is 7.34. The molecule has 1 aliphatic carbocycles. The van der Waals surface area contributed by atoms with Crippen LogP contribution in [0, 0.1) is 0 Å². The van der Waals surface area contributed by atoms with Crippen LogP contribution in [0.3, 0.4) is 0 Å². The zero-order valence-corrected chi connectivity index (χ0v) is 12.7. The van der Waals surface area contributed by atoms with Gasteiger partial charge in [-0.15, -0.1) is 0 Å². The molecule has 104 valence electrons. The number of aliphatic imine (C=N–C) groups is 1. The summed E-state index contributed by atoms with van der Waals surface area (Å²) >= 11 is 3.63.